The topological polar surface area (TPSA) is 89.8 Å². The quantitative estimate of drug-likeness (QED) is 0.393. The van der Waals surface area contributed by atoms with Gasteiger partial charge >= 0.3 is 0 Å². The third-order valence-electron chi connectivity index (χ3n) is 4.80. The lowest BCUT2D eigenvalue weighted by Gasteiger charge is -2.08. The van der Waals surface area contributed by atoms with Crippen molar-refractivity contribution in [3.05, 3.63) is 83.4 Å². The number of carbonyl (C=O) groups is 1. The molecule has 33 heavy (non-hydrogen) atoms. The van der Waals surface area contributed by atoms with Crippen molar-refractivity contribution < 1.29 is 23.7 Å². The molecule has 0 spiro atoms. The number of fused-ring (bicyclic) bond motifs is 1. The molecular formula is C26H22N2O5. The van der Waals surface area contributed by atoms with Gasteiger partial charge in [-0.3, -0.25) is 4.79 Å². The summed E-state index contributed by atoms with van der Waals surface area (Å²) in [6, 6.07) is 21.8. The maximum atomic E-state index is 12.5. The summed E-state index contributed by atoms with van der Waals surface area (Å²) in [6.45, 7) is 3.02. The van der Waals surface area contributed by atoms with Gasteiger partial charge in [-0.15, -0.1) is 0 Å². The number of nitriles is 1. The SMILES string of the molecule is CCOc1cccc(NC(=O)/C(C#N)=C\c2ccc(OCc3ccc4c(c3)OCO4)cc2)c1. The first-order valence-electron chi connectivity index (χ1n) is 10.4. The number of amides is 1. The first-order chi connectivity index (χ1) is 16.1. The smallest absolute Gasteiger partial charge is 0.266 e. The molecule has 3 aromatic rings. The van der Waals surface area contributed by atoms with Crippen LogP contribution in [-0.2, 0) is 11.4 Å². The van der Waals surface area contributed by atoms with Gasteiger partial charge < -0.3 is 24.3 Å². The van der Waals surface area contributed by atoms with E-state index in [4.69, 9.17) is 18.9 Å². The summed E-state index contributed by atoms with van der Waals surface area (Å²) >= 11 is 0. The van der Waals surface area contributed by atoms with Crippen LogP contribution in [0, 0.1) is 11.3 Å². The fourth-order valence-electron chi connectivity index (χ4n) is 3.20. The molecule has 1 amide bonds. The van der Waals surface area contributed by atoms with E-state index < -0.39 is 5.91 Å². The summed E-state index contributed by atoms with van der Waals surface area (Å²) in [6.07, 6.45) is 1.53. The average Bonchev–Trinajstić information content (AvgIpc) is 3.30. The lowest BCUT2D eigenvalue weighted by atomic mass is 10.1. The highest BCUT2D eigenvalue weighted by Crippen LogP contribution is 2.32. The molecule has 1 aliphatic rings. The van der Waals surface area contributed by atoms with Gasteiger partial charge in [0.1, 0.15) is 29.7 Å². The van der Waals surface area contributed by atoms with E-state index in [1.807, 2.05) is 31.2 Å². The average molecular weight is 442 g/mol. The van der Waals surface area contributed by atoms with Gasteiger partial charge in [-0.05, 0) is 60.5 Å². The largest absolute Gasteiger partial charge is 0.494 e. The van der Waals surface area contributed by atoms with Crippen molar-refractivity contribution in [1.82, 2.24) is 0 Å². The van der Waals surface area contributed by atoms with Crippen LogP contribution in [0.25, 0.3) is 6.08 Å². The summed E-state index contributed by atoms with van der Waals surface area (Å²) < 4.78 is 21.9. The van der Waals surface area contributed by atoms with E-state index in [1.165, 1.54) is 6.08 Å². The molecule has 1 aliphatic heterocycles. The van der Waals surface area contributed by atoms with Gasteiger partial charge in [0.2, 0.25) is 6.79 Å². The third kappa shape index (κ3) is 5.63. The first kappa shape index (κ1) is 21.8. The van der Waals surface area contributed by atoms with Crippen molar-refractivity contribution in [1.29, 1.82) is 5.26 Å². The number of anilines is 1. The number of benzene rings is 3. The summed E-state index contributed by atoms with van der Waals surface area (Å²) in [7, 11) is 0. The van der Waals surface area contributed by atoms with E-state index >= 15 is 0 Å². The van der Waals surface area contributed by atoms with Crippen LogP contribution in [0.4, 0.5) is 5.69 Å². The van der Waals surface area contributed by atoms with Gasteiger partial charge in [-0.2, -0.15) is 5.26 Å². The summed E-state index contributed by atoms with van der Waals surface area (Å²) in [5.41, 5.74) is 2.21. The second kappa shape index (κ2) is 10.2. The second-order valence-corrected chi connectivity index (χ2v) is 7.13. The van der Waals surface area contributed by atoms with Gasteiger partial charge in [0.15, 0.2) is 11.5 Å². The van der Waals surface area contributed by atoms with Crippen molar-refractivity contribution in [2.75, 3.05) is 18.7 Å². The Hall–Kier alpha value is -4.44. The second-order valence-electron chi connectivity index (χ2n) is 7.13. The van der Waals surface area contributed by atoms with Gasteiger partial charge in [-0.25, -0.2) is 0 Å². The molecule has 0 fully saturated rings. The Labute approximate surface area is 191 Å². The van der Waals surface area contributed by atoms with Crippen LogP contribution in [0.2, 0.25) is 0 Å². The van der Waals surface area contributed by atoms with E-state index in [-0.39, 0.29) is 12.4 Å². The Morgan fingerprint density at radius 1 is 1.03 bits per heavy atom. The van der Waals surface area contributed by atoms with Gasteiger partial charge in [-0.1, -0.05) is 24.3 Å². The Balaban J connectivity index is 1.37. The molecule has 0 saturated heterocycles. The monoisotopic (exact) mass is 442 g/mol. The number of hydrogen-bond donors (Lipinski definition) is 1. The highest BCUT2D eigenvalue weighted by atomic mass is 16.7. The Kier molecular flexibility index (Phi) is 6.76. The van der Waals surface area contributed by atoms with E-state index in [1.54, 1.807) is 48.5 Å². The fraction of sp³-hybridized carbons (Fsp3) is 0.154. The highest BCUT2D eigenvalue weighted by Gasteiger charge is 2.13. The summed E-state index contributed by atoms with van der Waals surface area (Å²) in [4.78, 5) is 12.5. The molecule has 1 heterocycles. The molecule has 1 N–H and O–H groups in total. The van der Waals surface area contributed by atoms with Crippen molar-refractivity contribution in [2.24, 2.45) is 0 Å². The van der Waals surface area contributed by atoms with Crippen molar-refractivity contribution >= 4 is 17.7 Å². The molecule has 0 bridgehead atoms. The Bertz CT molecular complexity index is 1210. The predicted molar refractivity (Wildman–Crippen MR) is 123 cm³/mol. The number of nitrogens with zero attached hydrogens (tertiary/aromatic N) is 1. The van der Waals surface area contributed by atoms with Crippen LogP contribution in [0.5, 0.6) is 23.0 Å². The zero-order chi connectivity index (χ0) is 23.0. The minimum Gasteiger partial charge on any atom is -0.494 e. The number of ether oxygens (including phenoxy) is 4. The summed E-state index contributed by atoms with van der Waals surface area (Å²) in [5.74, 6) is 2.27. The standard InChI is InChI=1S/C26H22N2O5/c1-2-30-23-5-3-4-21(14-23)28-26(29)20(15-27)12-18-6-9-22(10-7-18)31-16-19-8-11-24-25(13-19)33-17-32-24/h3-14H,2,16-17H2,1H3,(H,28,29)/b20-12-. The number of nitrogens with one attached hydrogen (secondary N) is 1. The third-order valence-corrected chi connectivity index (χ3v) is 4.80. The Morgan fingerprint density at radius 3 is 2.64 bits per heavy atom. The maximum absolute atomic E-state index is 12.5. The van der Waals surface area contributed by atoms with Crippen LogP contribution in [-0.4, -0.2) is 19.3 Å². The van der Waals surface area contributed by atoms with E-state index in [0.29, 0.717) is 41.7 Å². The lowest BCUT2D eigenvalue weighted by Crippen LogP contribution is -2.13. The van der Waals surface area contributed by atoms with Gasteiger partial charge in [0, 0.05) is 11.8 Å². The van der Waals surface area contributed by atoms with Crippen LogP contribution >= 0.6 is 0 Å². The van der Waals surface area contributed by atoms with Gasteiger partial charge in [0.25, 0.3) is 5.91 Å². The zero-order valence-corrected chi connectivity index (χ0v) is 18.0. The van der Waals surface area contributed by atoms with Crippen LogP contribution in [0.3, 0.4) is 0 Å². The molecular weight excluding hydrogens is 420 g/mol. The first-order valence-corrected chi connectivity index (χ1v) is 10.4. The van der Waals surface area contributed by atoms with E-state index in [2.05, 4.69) is 5.32 Å². The number of carbonyl (C=O) groups excluding carboxylic acids is 1. The number of rotatable bonds is 8. The molecule has 166 valence electrons. The van der Waals surface area contributed by atoms with Crippen LogP contribution in [0.15, 0.2) is 72.3 Å². The van der Waals surface area contributed by atoms with E-state index in [9.17, 15) is 10.1 Å². The molecule has 3 aromatic carbocycles. The zero-order valence-electron chi connectivity index (χ0n) is 18.0. The molecule has 0 aliphatic carbocycles. The normalized spacial score (nSPS) is 12.1. The number of hydrogen-bond acceptors (Lipinski definition) is 6. The maximum Gasteiger partial charge on any atom is 0.266 e. The molecule has 0 aromatic heterocycles. The minimum atomic E-state index is -0.491. The molecule has 0 unspecified atom stereocenters. The van der Waals surface area contributed by atoms with Crippen LogP contribution in [0.1, 0.15) is 18.1 Å². The minimum absolute atomic E-state index is 0.00848. The highest BCUT2D eigenvalue weighted by molar-refractivity contribution is 6.09. The Morgan fingerprint density at radius 2 is 1.85 bits per heavy atom. The molecule has 7 heteroatoms. The van der Waals surface area contributed by atoms with Crippen molar-refractivity contribution in [3.8, 4) is 29.1 Å². The molecule has 7 nitrogen and oxygen atoms in total. The molecule has 0 radical (unpaired) electrons. The predicted octanol–water partition coefficient (Wildman–Crippen LogP) is 4.94. The fourth-order valence-corrected chi connectivity index (χ4v) is 3.20. The van der Waals surface area contributed by atoms with Crippen molar-refractivity contribution in [3.63, 3.8) is 0 Å². The lowest BCUT2D eigenvalue weighted by molar-refractivity contribution is -0.112. The molecule has 0 atom stereocenters. The molecule has 0 saturated carbocycles. The van der Waals surface area contributed by atoms with Gasteiger partial charge in [0.05, 0.1) is 6.61 Å². The summed E-state index contributed by atoms with van der Waals surface area (Å²) in [5, 5.41) is 12.2. The molecule has 4 rings (SSSR count). The van der Waals surface area contributed by atoms with Crippen molar-refractivity contribution in [2.45, 2.75) is 13.5 Å². The van der Waals surface area contributed by atoms with E-state index in [0.717, 1.165) is 11.3 Å². The van der Waals surface area contributed by atoms with Crippen LogP contribution < -0.4 is 24.3 Å².